The lowest BCUT2D eigenvalue weighted by molar-refractivity contribution is 0.564. The third kappa shape index (κ3) is 5.71. The molecule has 8 heteroatoms. The van der Waals surface area contributed by atoms with E-state index in [1.54, 1.807) is 0 Å². The summed E-state index contributed by atoms with van der Waals surface area (Å²) in [7, 11) is -6.67. The van der Waals surface area contributed by atoms with Crippen molar-refractivity contribution in [1.82, 2.24) is 0 Å². The van der Waals surface area contributed by atoms with Crippen molar-refractivity contribution in [3.05, 3.63) is 0 Å². The van der Waals surface area contributed by atoms with Gasteiger partial charge < -0.3 is 0 Å². The van der Waals surface area contributed by atoms with E-state index in [1.807, 2.05) is 12.5 Å². The highest BCUT2D eigenvalue weighted by molar-refractivity contribution is 8.01. The van der Waals surface area contributed by atoms with Gasteiger partial charge in [-0.15, -0.1) is 0 Å². The predicted octanol–water partition coefficient (Wildman–Crippen LogP) is 1.32. The number of rotatable bonds is 9. The molecule has 0 saturated carbocycles. The Balaban J connectivity index is 4.83. The van der Waals surface area contributed by atoms with Crippen LogP contribution in [0.2, 0.25) is 0 Å². The van der Waals surface area contributed by atoms with Crippen LogP contribution < -0.4 is 0 Å². The minimum Gasteiger partial charge on any atom is -0.228 e. The molecule has 0 saturated heterocycles. The summed E-state index contributed by atoms with van der Waals surface area (Å²) in [6, 6.07) is 0. The van der Waals surface area contributed by atoms with Crippen LogP contribution in [0.25, 0.3) is 0 Å². The van der Waals surface area contributed by atoms with Gasteiger partial charge in [0.2, 0.25) is 0 Å². The molecule has 0 N–H and O–H groups in total. The molecule has 18 heavy (non-hydrogen) atoms. The molecular formula is C10H22O4S4. The lowest BCUT2D eigenvalue weighted by Crippen LogP contribution is -2.38. The molecule has 0 radical (unpaired) electrons. The third-order valence-corrected chi connectivity index (χ3v) is 9.48. The topological polar surface area (TPSA) is 68.3 Å². The number of hydrogen-bond acceptors (Lipinski definition) is 6. The number of thioether (sulfide) groups is 2. The van der Waals surface area contributed by atoms with Crippen molar-refractivity contribution in [3.8, 4) is 0 Å². The molecule has 2 atom stereocenters. The molecule has 0 aliphatic rings. The van der Waals surface area contributed by atoms with Crippen LogP contribution in [0.5, 0.6) is 0 Å². The van der Waals surface area contributed by atoms with Crippen molar-refractivity contribution in [2.45, 2.75) is 24.3 Å². The summed E-state index contributed by atoms with van der Waals surface area (Å²) in [5.74, 6) is 1.09. The van der Waals surface area contributed by atoms with Crippen LogP contribution in [0.1, 0.15) is 13.8 Å². The largest absolute Gasteiger partial charge is 0.228 e. The van der Waals surface area contributed by atoms with Crippen molar-refractivity contribution >= 4 is 43.2 Å². The van der Waals surface area contributed by atoms with Gasteiger partial charge in [0.15, 0.2) is 19.7 Å². The monoisotopic (exact) mass is 334 g/mol. The second-order valence-corrected chi connectivity index (χ2v) is 11.1. The zero-order chi connectivity index (χ0) is 14.4. The number of sulfone groups is 2. The van der Waals surface area contributed by atoms with Gasteiger partial charge in [0.1, 0.15) is 0 Å². The van der Waals surface area contributed by atoms with E-state index in [0.717, 1.165) is 0 Å². The summed E-state index contributed by atoms with van der Waals surface area (Å²) < 4.78 is 47.9. The Morgan fingerprint density at radius 1 is 0.778 bits per heavy atom. The summed E-state index contributed by atoms with van der Waals surface area (Å²) >= 11 is 2.89. The molecule has 110 valence electrons. The van der Waals surface area contributed by atoms with Crippen LogP contribution in [0, 0.1) is 0 Å². The molecule has 0 aliphatic carbocycles. The minimum absolute atomic E-state index is 0.0394. The van der Waals surface area contributed by atoms with Gasteiger partial charge in [-0.3, -0.25) is 0 Å². The van der Waals surface area contributed by atoms with Gasteiger partial charge in [-0.1, -0.05) is 0 Å². The fourth-order valence-electron chi connectivity index (χ4n) is 1.35. The highest BCUT2D eigenvalue weighted by atomic mass is 32.2. The molecule has 0 heterocycles. The first kappa shape index (κ1) is 18.6. The number of hydrogen-bond donors (Lipinski definition) is 0. The Kier molecular flexibility index (Phi) is 8.28. The van der Waals surface area contributed by atoms with Crippen LogP contribution in [-0.4, -0.2) is 62.9 Å². The van der Waals surface area contributed by atoms with Crippen LogP contribution in [0.15, 0.2) is 0 Å². The molecule has 0 aromatic heterocycles. The Bertz CT molecular complexity index is 385. The third-order valence-electron chi connectivity index (χ3n) is 2.94. The predicted molar refractivity (Wildman–Crippen MR) is 83.3 cm³/mol. The molecule has 0 spiro atoms. The summed E-state index contributed by atoms with van der Waals surface area (Å²) in [5.41, 5.74) is 0. The van der Waals surface area contributed by atoms with E-state index in [-0.39, 0.29) is 11.5 Å². The van der Waals surface area contributed by atoms with Crippen LogP contribution in [-0.2, 0) is 19.7 Å². The van der Waals surface area contributed by atoms with Crippen molar-refractivity contribution in [2.24, 2.45) is 0 Å². The van der Waals surface area contributed by atoms with Crippen LogP contribution >= 0.6 is 23.5 Å². The Labute approximate surface area is 120 Å². The molecule has 4 nitrogen and oxygen atoms in total. The lowest BCUT2D eigenvalue weighted by atomic mass is 10.4. The van der Waals surface area contributed by atoms with E-state index in [4.69, 9.17) is 0 Å². The first-order valence-electron chi connectivity index (χ1n) is 5.60. The molecule has 0 bridgehead atoms. The quantitative estimate of drug-likeness (QED) is 0.633. The van der Waals surface area contributed by atoms with E-state index in [1.165, 1.54) is 37.4 Å². The molecule has 0 amide bonds. The smallest absolute Gasteiger partial charge is 0.154 e. The lowest BCUT2D eigenvalue weighted by Gasteiger charge is -2.20. The maximum absolute atomic E-state index is 12.0. The first-order chi connectivity index (χ1) is 8.19. The van der Waals surface area contributed by atoms with E-state index in [9.17, 15) is 16.8 Å². The molecule has 1 unspecified atom stereocenters. The fourth-order valence-corrected chi connectivity index (χ4v) is 7.47. The van der Waals surface area contributed by atoms with Crippen molar-refractivity contribution in [1.29, 1.82) is 0 Å². The van der Waals surface area contributed by atoms with Gasteiger partial charge in [-0.25, -0.2) is 16.8 Å². The molecule has 0 fully saturated rings. The fraction of sp³-hybridized carbons (Fsp3) is 1.00. The molecule has 0 aliphatic heterocycles. The minimum atomic E-state index is -3.34. The zero-order valence-electron chi connectivity index (χ0n) is 11.2. The van der Waals surface area contributed by atoms with Crippen molar-refractivity contribution < 1.29 is 16.8 Å². The van der Waals surface area contributed by atoms with Gasteiger partial charge in [-0.2, -0.15) is 23.5 Å². The second-order valence-electron chi connectivity index (χ2n) is 4.13. The highest BCUT2D eigenvalue weighted by Crippen LogP contribution is 2.17. The summed E-state index contributed by atoms with van der Waals surface area (Å²) in [5, 5.41) is -1.67. The molecule has 0 aromatic rings. The Morgan fingerprint density at radius 3 is 1.28 bits per heavy atom. The maximum atomic E-state index is 12.0. The average Bonchev–Trinajstić information content (AvgIpc) is 2.32. The van der Waals surface area contributed by atoms with Crippen LogP contribution in [0.4, 0.5) is 0 Å². The molecular weight excluding hydrogens is 312 g/mol. The van der Waals surface area contributed by atoms with E-state index in [0.29, 0.717) is 11.5 Å². The van der Waals surface area contributed by atoms with Crippen LogP contribution in [0.3, 0.4) is 0 Å². The Morgan fingerprint density at radius 2 is 1.06 bits per heavy atom. The summed E-state index contributed by atoms with van der Waals surface area (Å²) in [6.45, 7) is 2.99. The average molecular weight is 335 g/mol. The molecule has 0 aromatic carbocycles. The van der Waals surface area contributed by atoms with Crippen molar-refractivity contribution in [2.75, 3.05) is 35.5 Å². The van der Waals surface area contributed by atoms with Gasteiger partial charge in [0, 0.05) is 11.5 Å². The van der Waals surface area contributed by atoms with E-state index in [2.05, 4.69) is 0 Å². The van der Waals surface area contributed by atoms with Crippen molar-refractivity contribution in [3.63, 3.8) is 0 Å². The van der Waals surface area contributed by atoms with E-state index >= 15 is 0 Å². The zero-order valence-corrected chi connectivity index (χ0v) is 14.5. The Hall–Kier alpha value is 0.600. The molecule has 0 rings (SSSR count). The van der Waals surface area contributed by atoms with Gasteiger partial charge in [0.05, 0.1) is 22.0 Å². The normalized spacial score (nSPS) is 16.4. The maximum Gasteiger partial charge on any atom is 0.154 e. The first-order valence-corrected chi connectivity index (χ1v) is 11.8. The van der Waals surface area contributed by atoms with E-state index < -0.39 is 30.2 Å². The SMILES string of the molecule is CSCCS(=O)(=O)C(C)[C@H](C)S(=O)(=O)CCSC. The van der Waals surface area contributed by atoms with Gasteiger partial charge in [-0.05, 0) is 26.4 Å². The second kappa shape index (κ2) is 8.01. The summed E-state index contributed by atoms with van der Waals surface area (Å²) in [6.07, 6.45) is 3.66. The van der Waals surface area contributed by atoms with Gasteiger partial charge in [0.25, 0.3) is 0 Å². The highest BCUT2D eigenvalue weighted by Gasteiger charge is 2.34. The standard InChI is InChI=1S/C10H22O4S4/c1-9(17(11,12)7-5-15-3)10(2)18(13,14)8-6-16-4/h9-10H,5-8H2,1-4H3/t9-,10?/m0/s1. The summed E-state index contributed by atoms with van der Waals surface area (Å²) in [4.78, 5) is 0. The van der Waals surface area contributed by atoms with Gasteiger partial charge >= 0.3 is 0 Å².